The summed E-state index contributed by atoms with van der Waals surface area (Å²) in [6.07, 6.45) is 16.5. The fraction of sp³-hybridized carbons (Fsp3) is 0.109. The Labute approximate surface area is 360 Å². The Balaban J connectivity index is 0.000000319. The first kappa shape index (κ1) is 47.1. The van der Waals surface area contributed by atoms with E-state index < -0.39 is 15.8 Å². The summed E-state index contributed by atoms with van der Waals surface area (Å²) in [5.74, 6) is 1.30. The number of ether oxygens (including phenoxy) is 1. The van der Waals surface area contributed by atoms with Crippen LogP contribution in [0.25, 0.3) is 0 Å². The molecular formula is C46H43Cl2FeNOP2Ru. The summed E-state index contributed by atoms with van der Waals surface area (Å²) < 4.78 is 5.99. The second-order valence-corrected chi connectivity index (χ2v) is 16.6. The average Bonchev–Trinajstić information content (AvgIpc) is 4.00. The number of benzene rings is 5. The van der Waals surface area contributed by atoms with E-state index in [1.165, 1.54) is 31.8 Å². The van der Waals surface area contributed by atoms with Crippen LogP contribution < -0.4 is 56.7 Å². The number of rotatable bonds is 7. The number of hydrogen-bond donors (Lipinski definition) is 0. The van der Waals surface area contributed by atoms with Crippen LogP contribution in [0.2, 0.25) is 0 Å². The summed E-state index contributed by atoms with van der Waals surface area (Å²) in [6.45, 7) is 5.09. The van der Waals surface area contributed by atoms with Gasteiger partial charge in [-0.25, -0.2) is 5.32 Å². The first-order valence-corrected chi connectivity index (χ1v) is 19.9. The van der Waals surface area contributed by atoms with Crippen LogP contribution >= 0.6 is 15.8 Å². The van der Waals surface area contributed by atoms with Crippen molar-refractivity contribution in [2.75, 3.05) is 6.61 Å². The molecule has 1 heterocycles. The van der Waals surface area contributed by atoms with Gasteiger partial charge in [0, 0.05) is 29.1 Å². The molecule has 0 aromatic heterocycles. The molecule has 1 atom stereocenters. The van der Waals surface area contributed by atoms with Gasteiger partial charge >= 0.3 is 19.5 Å². The van der Waals surface area contributed by atoms with Crippen LogP contribution in [0.15, 0.2) is 211 Å². The molecule has 2 radical (unpaired) electrons. The molecule has 1 aliphatic heterocycles. The van der Waals surface area contributed by atoms with Gasteiger partial charge in [-0.3, -0.25) is 0 Å². The number of nitrogens with zero attached hydrogens (tertiary/aromatic N) is 1. The van der Waals surface area contributed by atoms with Crippen molar-refractivity contribution in [2.24, 2.45) is 5.92 Å². The molecule has 0 N–H and O–H groups in total. The SMILES string of the molecule is CC(C)[C@@H]1CO/C(=C2/C=CC=C2P(c2ccccc2)c2ccccc2)[N]1.[CH]1C=CC=C1.[Cl-].[Cl-].[Fe].[Ru+2].c1ccc(P(c2ccccc2)c2ccccc2)cc1. The molecular weight excluding hydrogens is 872 g/mol. The minimum atomic E-state index is -0.636. The van der Waals surface area contributed by atoms with E-state index in [4.69, 9.17) is 10.1 Å². The third kappa shape index (κ3) is 13.0. The molecule has 54 heavy (non-hydrogen) atoms. The Morgan fingerprint density at radius 2 is 0.907 bits per heavy atom. The van der Waals surface area contributed by atoms with Crippen LogP contribution in [0.1, 0.15) is 13.8 Å². The van der Waals surface area contributed by atoms with Crippen molar-refractivity contribution in [1.82, 2.24) is 5.32 Å². The second-order valence-electron chi connectivity index (χ2n) is 12.2. The zero-order valence-electron chi connectivity index (χ0n) is 30.1. The van der Waals surface area contributed by atoms with E-state index >= 15 is 0 Å². The van der Waals surface area contributed by atoms with Crippen molar-refractivity contribution in [3.8, 4) is 0 Å². The fourth-order valence-corrected chi connectivity index (χ4v) is 10.5. The van der Waals surface area contributed by atoms with Crippen LogP contribution in [0.5, 0.6) is 0 Å². The normalized spacial score (nSPS) is 15.9. The van der Waals surface area contributed by atoms with Crippen molar-refractivity contribution in [2.45, 2.75) is 19.9 Å². The van der Waals surface area contributed by atoms with Gasteiger partial charge in [0.05, 0.1) is 6.04 Å². The molecule has 0 amide bonds. The van der Waals surface area contributed by atoms with Crippen molar-refractivity contribution < 1.29 is 66.1 Å². The minimum Gasteiger partial charge on any atom is -1.00 e. The summed E-state index contributed by atoms with van der Waals surface area (Å²) in [7, 11) is -1.08. The standard InChI is InChI=1S/C23H23NOP.C18H15P.C5H5.2ClH.Fe.Ru/c1-17(2)21-16-25-23(24-21)20-14-9-15-22(20)26(18-10-5-3-6-11-18)19-12-7-4-8-13-19;1-4-10-16(11-5-1)19(17-12-6-2-7-13-17)18-14-8-3-9-15-18;1-2-4-5-3-1;;;;/h3-15,17,21H,16H2,1-2H3;1-15H;1-5H;2*1H;;/q;;;;;;+2/p-2/b23-20-;;;;;;/t21-;;;;;;/m0....../s1. The Hall–Kier alpha value is -3.02. The predicted octanol–water partition coefficient (Wildman–Crippen LogP) is 3.21. The van der Waals surface area contributed by atoms with Crippen LogP contribution in [0.4, 0.5) is 0 Å². The predicted molar refractivity (Wildman–Crippen MR) is 218 cm³/mol. The van der Waals surface area contributed by atoms with Crippen LogP contribution in [-0.2, 0) is 41.3 Å². The molecule has 0 saturated carbocycles. The topological polar surface area (TPSA) is 23.3 Å². The van der Waals surface area contributed by atoms with E-state index in [0.717, 1.165) is 11.5 Å². The summed E-state index contributed by atoms with van der Waals surface area (Å²) in [4.78, 5) is 0. The third-order valence-corrected chi connectivity index (χ3v) is 13.3. The van der Waals surface area contributed by atoms with Crippen LogP contribution in [0, 0.1) is 12.3 Å². The minimum absolute atomic E-state index is 0. The first-order valence-electron chi connectivity index (χ1n) is 17.2. The molecule has 0 bridgehead atoms. The maximum absolute atomic E-state index is 5.99. The maximum Gasteiger partial charge on any atom is 2.00 e. The fourth-order valence-electron chi connectivity index (χ4n) is 5.75. The summed E-state index contributed by atoms with van der Waals surface area (Å²) in [5.41, 5.74) is 1.15. The Kier molecular flexibility index (Phi) is 22.0. The summed E-state index contributed by atoms with van der Waals surface area (Å²) in [5, 5.41) is 13.1. The molecule has 278 valence electrons. The first-order chi connectivity index (χ1) is 24.7. The molecule has 1 fully saturated rings. The summed E-state index contributed by atoms with van der Waals surface area (Å²) in [6, 6.07) is 54.1. The van der Waals surface area contributed by atoms with Gasteiger partial charge in [-0.2, -0.15) is 0 Å². The maximum atomic E-state index is 5.99. The van der Waals surface area contributed by atoms with Gasteiger partial charge in [0.2, 0.25) is 5.88 Å². The van der Waals surface area contributed by atoms with E-state index in [1.54, 1.807) is 0 Å². The molecule has 5 aromatic carbocycles. The van der Waals surface area contributed by atoms with E-state index in [9.17, 15) is 0 Å². The average molecular weight is 916 g/mol. The second kappa shape index (κ2) is 25.2. The molecule has 8 heteroatoms. The molecule has 1 saturated heterocycles. The zero-order valence-corrected chi connectivity index (χ0v) is 36.3. The molecule has 2 nitrogen and oxygen atoms in total. The largest absolute Gasteiger partial charge is 2.00 e. The Bertz CT molecular complexity index is 1800. The van der Waals surface area contributed by atoms with Crippen molar-refractivity contribution in [3.63, 3.8) is 0 Å². The van der Waals surface area contributed by atoms with Gasteiger partial charge in [0.25, 0.3) is 0 Å². The van der Waals surface area contributed by atoms with E-state index in [1.807, 2.05) is 30.7 Å². The third-order valence-electron chi connectivity index (χ3n) is 8.34. The molecule has 0 spiro atoms. The quantitative estimate of drug-likeness (QED) is 0.182. The van der Waals surface area contributed by atoms with Gasteiger partial charge in [-0.05, 0) is 59.7 Å². The van der Waals surface area contributed by atoms with Crippen molar-refractivity contribution in [3.05, 3.63) is 217 Å². The van der Waals surface area contributed by atoms with Crippen molar-refractivity contribution >= 4 is 42.4 Å². The molecule has 5 aromatic rings. The number of allylic oxidation sites excluding steroid dienone is 9. The van der Waals surface area contributed by atoms with Gasteiger partial charge < -0.3 is 29.6 Å². The smallest absolute Gasteiger partial charge is 1.00 e. The monoisotopic (exact) mass is 915 g/mol. The molecule has 2 aliphatic carbocycles. The van der Waals surface area contributed by atoms with E-state index in [2.05, 4.69) is 184 Å². The zero-order chi connectivity index (χ0) is 34.4. The van der Waals surface area contributed by atoms with Gasteiger partial charge in [-0.15, -0.1) is 0 Å². The van der Waals surface area contributed by atoms with Gasteiger partial charge in [0.15, 0.2) is 0 Å². The number of hydrogen-bond acceptors (Lipinski definition) is 1. The number of halogens is 2. The van der Waals surface area contributed by atoms with Crippen molar-refractivity contribution in [1.29, 1.82) is 0 Å². The van der Waals surface area contributed by atoms with Gasteiger partial charge in [-0.1, -0.05) is 202 Å². The molecule has 0 unspecified atom stereocenters. The Morgan fingerprint density at radius 1 is 0.537 bits per heavy atom. The van der Waals surface area contributed by atoms with Crippen LogP contribution in [-0.4, -0.2) is 12.6 Å². The van der Waals surface area contributed by atoms with Crippen LogP contribution in [0.3, 0.4) is 0 Å². The Morgan fingerprint density at radius 3 is 1.22 bits per heavy atom. The van der Waals surface area contributed by atoms with E-state index in [-0.39, 0.29) is 67.4 Å². The summed E-state index contributed by atoms with van der Waals surface area (Å²) >= 11 is 0. The van der Waals surface area contributed by atoms with Gasteiger partial charge in [0.1, 0.15) is 6.61 Å². The molecule has 3 aliphatic rings. The van der Waals surface area contributed by atoms with E-state index in [0.29, 0.717) is 12.5 Å². The molecule has 8 rings (SSSR count).